The van der Waals surface area contributed by atoms with Gasteiger partial charge in [0.25, 0.3) is 0 Å². The first kappa shape index (κ1) is 12.1. The van der Waals surface area contributed by atoms with Gasteiger partial charge >= 0.3 is 0 Å². The maximum Gasteiger partial charge on any atom is 0.138 e. The molecule has 1 saturated carbocycles. The van der Waals surface area contributed by atoms with Crippen molar-refractivity contribution in [2.75, 3.05) is 6.61 Å². The van der Waals surface area contributed by atoms with Gasteiger partial charge in [-0.1, -0.05) is 20.8 Å². The minimum absolute atomic E-state index is 0.121. The van der Waals surface area contributed by atoms with E-state index in [9.17, 15) is 4.79 Å². The lowest BCUT2D eigenvalue weighted by atomic mass is 9.75. The summed E-state index contributed by atoms with van der Waals surface area (Å²) < 4.78 is 6.02. The molecule has 0 aromatic carbocycles. The maximum atomic E-state index is 11.7. The third-order valence-electron chi connectivity index (χ3n) is 4.10. The third kappa shape index (κ3) is 2.65. The van der Waals surface area contributed by atoms with E-state index in [4.69, 9.17) is 4.74 Å². The lowest BCUT2D eigenvalue weighted by Crippen LogP contribution is -2.42. The highest BCUT2D eigenvalue weighted by molar-refractivity contribution is 5.80. The molecule has 2 heteroatoms. The highest BCUT2D eigenvalue weighted by Gasteiger charge is 2.43. The Kier molecular flexibility index (Phi) is 3.13. The van der Waals surface area contributed by atoms with Crippen LogP contribution in [0.1, 0.15) is 59.3 Å². The molecule has 1 aliphatic carbocycles. The molecule has 1 aliphatic heterocycles. The number of ketones is 1. The molecule has 0 radical (unpaired) electrons. The Bertz CT molecular complexity index is 282. The van der Waals surface area contributed by atoms with Crippen LogP contribution < -0.4 is 0 Å². The van der Waals surface area contributed by atoms with Gasteiger partial charge in [0.15, 0.2) is 0 Å². The van der Waals surface area contributed by atoms with E-state index in [1.807, 2.05) is 0 Å². The fraction of sp³-hybridized carbons (Fsp3) is 0.929. The van der Waals surface area contributed by atoms with Crippen molar-refractivity contribution in [3.05, 3.63) is 0 Å². The molecule has 2 rings (SSSR count). The minimum atomic E-state index is -0.121. The molecule has 2 fully saturated rings. The van der Waals surface area contributed by atoms with Crippen LogP contribution in [0.3, 0.4) is 0 Å². The molecule has 1 saturated heterocycles. The van der Waals surface area contributed by atoms with E-state index in [1.165, 1.54) is 12.8 Å². The highest BCUT2D eigenvalue weighted by atomic mass is 16.5. The number of hydrogen-bond acceptors (Lipinski definition) is 2. The number of Topliss-reactive ketones (excluding diaryl/α,β-unsaturated/α-hetero) is 1. The average molecular weight is 224 g/mol. The zero-order chi connectivity index (χ0) is 11.8. The number of carbonyl (C=O) groups excluding carboxylic acids is 1. The standard InChI is InChI=1S/C14H24O2/c1-11-4-6-14(10-13(2,3)8-11)9-12(15)5-7-16-14/h11H,4-10H2,1-3H3. The summed E-state index contributed by atoms with van der Waals surface area (Å²) in [6.07, 6.45) is 5.86. The summed E-state index contributed by atoms with van der Waals surface area (Å²) in [6, 6.07) is 0. The summed E-state index contributed by atoms with van der Waals surface area (Å²) in [7, 11) is 0. The molecule has 0 aromatic rings. The van der Waals surface area contributed by atoms with Crippen LogP contribution in [0, 0.1) is 11.3 Å². The SMILES string of the molecule is CC1CCC2(CC(=O)CCO2)CC(C)(C)C1. The lowest BCUT2D eigenvalue weighted by molar-refractivity contribution is -0.145. The molecule has 2 unspecified atom stereocenters. The second-order valence-electron chi connectivity index (χ2n) is 6.69. The Morgan fingerprint density at radius 3 is 2.81 bits per heavy atom. The molecular weight excluding hydrogens is 200 g/mol. The Hall–Kier alpha value is -0.370. The van der Waals surface area contributed by atoms with Crippen LogP contribution in [0.15, 0.2) is 0 Å². The molecule has 0 aromatic heterocycles. The van der Waals surface area contributed by atoms with Crippen LogP contribution >= 0.6 is 0 Å². The van der Waals surface area contributed by atoms with Crippen molar-refractivity contribution in [1.29, 1.82) is 0 Å². The van der Waals surface area contributed by atoms with Crippen LogP contribution in [-0.2, 0) is 9.53 Å². The predicted molar refractivity (Wildman–Crippen MR) is 64.3 cm³/mol. The van der Waals surface area contributed by atoms with Gasteiger partial charge in [0.05, 0.1) is 12.2 Å². The van der Waals surface area contributed by atoms with E-state index in [0.717, 1.165) is 18.8 Å². The van der Waals surface area contributed by atoms with Crippen molar-refractivity contribution in [2.45, 2.75) is 64.9 Å². The molecule has 1 spiro atoms. The second kappa shape index (κ2) is 4.14. The Labute approximate surface area is 98.7 Å². The summed E-state index contributed by atoms with van der Waals surface area (Å²) in [5.74, 6) is 1.16. The first-order valence-electron chi connectivity index (χ1n) is 6.57. The molecule has 0 bridgehead atoms. The fourth-order valence-electron chi connectivity index (χ4n) is 3.74. The van der Waals surface area contributed by atoms with Crippen molar-refractivity contribution < 1.29 is 9.53 Å². The quantitative estimate of drug-likeness (QED) is 0.631. The van der Waals surface area contributed by atoms with E-state index in [0.29, 0.717) is 30.6 Å². The predicted octanol–water partition coefficient (Wildman–Crippen LogP) is 3.34. The van der Waals surface area contributed by atoms with Gasteiger partial charge in [-0.3, -0.25) is 4.79 Å². The van der Waals surface area contributed by atoms with Gasteiger partial charge in [-0.15, -0.1) is 0 Å². The topological polar surface area (TPSA) is 26.3 Å². The monoisotopic (exact) mass is 224 g/mol. The Morgan fingerprint density at radius 2 is 2.12 bits per heavy atom. The molecule has 2 nitrogen and oxygen atoms in total. The van der Waals surface area contributed by atoms with E-state index in [2.05, 4.69) is 20.8 Å². The van der Waals surface area contributed by atoms with Crippen LogP contribution in [0.25, 0.3) is 0 Å². The smallest absolute Gasteiger partial charge is 0.138 e. The molecule has 16 heavy (non-hydrogen) atoms. The van der Waals surface area contributed by atoms with Gasteiger partial charge in [0.1, 0.15) is 5.78 Å². The van der Waals surface area contributed by atoms with Crippen molar-refractivity contribution >= 4 is 5.78 Å². The first-order chi connectivity index (χ1) is 7.41. The summed E-state index contributed by atoms with van der Waals surface area (Å²) in [6.45, 7) is 7.60. The van der Waals surface area contributed by atoms with Gasteiger partial charge in [-0.25, -0.2) is 0 Å². The normalized spacial score (nSPS) is 39.7. The van der Waals surface area contributed by atoms with Gasteiger partial charge in [-0.05, 0) is 37.0 Å². The number of hydrogen-bond donors (Lipinski definition) is 0. The van der Waals surface area contributed by atoms with Crippen molar-refractivity contribution in [1.82, 2.24) is 0 Å². The molecule has 2 atom stereocenters. The second-order valence-corrected chi connectivity index (χ2v) is 6.69. The molecule has 2 aliphatic rings. The van der Waals surface area contributed by atoms with E-state index >= 15 is 0 Å². The van der Waals surface area contributed by atoms with Crippen molar-refractivity contribution in [3.63, 3.8) is 0 Å². The molecular formula is C14H24O2. The van der Waals surface area contributed by atoms with Crippen LogP contribution in [0.5, 0.6) is 0 Å². The van der Waals surface area contributed by atoms with Crippen molar-refractivity contribution in [2.24, 2.45) is 11.3 Å². The van der Waals surface area contributed by atoms with Crippen LogP contribution in [-0.4, -0.2) is 18.0 Å². The largest absolute Gasteiger partial charge is 0.374 e. The molecule has 0 N–H and O–H groups in total. The zero-order valence-corrected chi connectivity index (χ0v) is 10.8. The molecule has 92 valence electrons. The fourth-order valence-corrected chi connectivity index (χ4v) is 3.74. The molecule has 1 heterocycles. The first-order valence-corrected chi connectivity index (χ1v) is 6.57. The highest BCUT2D eigenvalue weighted by Crippen LogP contribution is 2.46. The lowest BCUT2D eigenvalue weighted by Gasteiger charge is -2.40. The van der Waals surface area contributed by atoms with Gasteiger partial charge in [-0.2, -0.15) is 0 Å². The number of carbonyl (C=O) groups is 1. The summed E-state index contributed by atoms with van der Waals surface area (Å²) >= 11 is 0. The van der Waals surface area contributed by atoms with E-state index < -0.39 is 0 Å². The van der Waals surface area contributed by atoms with Gasteiger partial charge in [0.2, 0.25) is 0 Å². The van der Waals surface area contributed by atoms with Crippen molar-refractivity contribution in [3.8, 4) is 0 Å². The number of ether oxygens (including phenoxy) is 1. The van der Waals surface area contributed by atoms with E-state index in [-0.39, 0.29) is 5.60 Å². The Balaban J connectivity index is 2.16. The van der Waals surface area contributed by atoms with Crippen LogP contribution in [0.4, 0.5) is 0 Å². The van der Waals surface area contributed by atoms with Gasteiger partial charge in [0, 0.05) is 12.8 Å². The maximum absolute atomic E-state index is 11.7. The number of rotatable bonds is 0. The van der Waals surface area contributed by atoms with E-state index in [1.54, 1.807) is 0 Å². The average Bonchev–Trinajstić information content (AvgIpc) is 2.22. The third-order valence-corrected chi connectivity index (χ3v) is 4.10. The summed E-state index contributed by atoms with van der Waals surface area (Å²) in [4.78, 5) is 11.7. The van der Waals surface area contributed by atoms with Gasteiger partial charge < -0.3 is 4.74 Å². The summed E-state index contributed by atoms with van der Waals surface area (Å²) in [5.41, 5.74) is 0.192. The summed E-state index contributed by atoms with van der Waals surface area (Å²) in [5, 5.41) is 0. The Morgan fingerprint density at radius 1 is 1.38 bits per heavy atom. The molecule has 0 amide bonds. The minimum Gasteiger partial charge on any atom is -0.374 e. The van der Waals surface area contributed by atoms with Crippen LogP contribution in [0.2, 0.25) is 0 Å². The zero-order valence-electron chi connectivity index (χ0n) is 10.8.